The van der Waals surface area contributed by atoms with Crippen molar-refractivity contribution < 1.29 is 19.1 Å². The molecule has 0 aliphatic carbocycles. The molecule has 1 fully saturated rings. The molecule has 0 unspecified atom stereocenters. The first-order chi connectivity index (χ1) is 15.3. The summed E-state index contributed by atoms with van der Waals surface area (Å²) in [6.07, 6.45) is 3.85. The highest BCUT2D eigenvalue weighted by molar-refractivity contribution is 6.46. The van der Waals surface area contributed by atoms with Crippen LogP contribution in [0, 0.1) is 0 Å². The number of oxazole rings is 1. The van der Waals surface area contributed by atoms with Crippen molar-refractivity contribution >= 4 is 28.5 Å². The van der Waals surface area contributed by atoms with Gasteiger partial charge in [0.05, 0.1) is 17.1 Å². The fourth-order valence-electron chi connectivity index (χ4n) is 3.99. The molecule has 1 saturated heterocycles. The minimum Gasteiger partial charge on any atom is -0.507 e. The number of Topliss-reactive ketones (excluding diaryl/α,β-unsaturated/α-hetero) is 1. The Bertz CT molecular complexity index is 1270. The maximum atomic E-state index is 13.0. The first kappa shape index (κ1) is 21.5. The monoisotopic (exact) mass is 436 g/mol. The maximum absolute atomic E-state index is 13.0. The van der Waals surface area contributed by atoms with Gasteiger partial charge in [0, 0.05) is 31.5 Å². The van der Waals surface area contributed by atoms with Crippen molar-refractivity contribution in [1.82, 2.24) is 19.4 Å². The van der Waals surface area contributed by atoms with Crippen molar-refractivity contribution in [1.29, 1.82) is 0 Å². The second-order valence-electron chi connectivity index (χ2n) is 8.05. The molecule has 9 heteroatoms. The standard InChI is InChI=1S/C23H24N4O5/c1-25(2)10-5-11-27-19(15-6-4-9-24-13-15)18(21(29)22(27)30)20(28)14-7-8-16-17(12-14)32-23(31)26(16)3/h4,6-9,12-13,19,28H,5,10-11H2,1-3H3/t19-/m1/s1. The van der Waals surface area contributed by atoms with E-state index in [1.54, 1.807) is 43.7 Å². The molecule has 0 saturated carbocycles. The summed E-state index contributed by atoms with van der Waals surface area (Å²) in [6.45, 7) is 1.10. The van der Waals surface area contributed by atoms with Crippen LogP contribution < -0.4 is 5.76 Å². The average molecular weight is 436 g/mol. The van der Waals surface area contributed by atoms with Gasteiger partial charge >= 0.3 is 5.76 Å². The largest absolute Gasteiger partial charge is 0.507 e. The van der Waals surface area contributed by atoms with Crippen molar-refractivity contribution in [3.05, 3.63) is 70.0 Å². The first-order valence-corrected chi connectivity index (χ1v) is 10.2. The van der Waals surface area contributed by atoms with E-state index in [0.29, 0.717) is 24.0 Å². The van der Waals surface area contributed by atoms with Crippen LogP contribution in [0.25, 0.3) is 16.9 Å². The maximum Gasteiger partial charge on any atom is 0.419 e. The third-order valence-corrected chi connectivity index (χ3v) is 5.61. The number of pyridine rings is 1. The predicted molar refractivity (Wildman–Crippen MR) is 118 cm³/mol. The molecule has 3 heterocycles. The van der Waals surface area contributed by atoms with Crippen LogP contribution in [-0.2, 0) is 16.6 Å². The Balaban J connectivity index is 1.82. The van der Waals surface area contributed by atoms with E-state index in [-0.39, 0.29) is 22.5 Å². The number of carbonyl (C=O) groups excluding carboxylic acids is 2. The van der Waals surface area contributed by atoms with Crippen LogP contribution in [0.15, 0.2) is 57.5 Å². The highest BCUT2D eigenvalue weighted by Crippen LogP contribution is 2.39. The number of fused-ring (bicyclic) bond motifs is 1. The van der Waals surface area contributed by atoms with Gasteiger partial charge in [-0.25, -0.2) is 4.79 Å². The highest BCUT2D eigenvalue weighted by Gasteiger charge is 2.45. The molecule has 1 aromatic carbocycles. The summed E-state index contributed by atoms with van der Waals surface area (Å²) in [6, 6.07) is 7.44. The van der Waals surface area contributed by atoms with Crippen LogP contribution in [0.4, 0.5) is 0 Å². The Morgan fingerprint density at radius 1 is 1.22 bits per heavy atom. The Morgan fingerprint density at radius 2 is 2.00 bits per heavy atom. The molecule has 3 aromatic rings. The summed E-state index contributed by atoms with van der Waals surface area (Å²) < 4.78 is 6.55. The molecule has 2 aromatic heterocycles. The molecule has 32 heavy (non-hydrogen) atoms. The molecule has 0 radical (unpaired) electrons. The predicted octanol–water partition coefficient (Wildman–Crippen LogP) is 1.90. The molecule has 166 valence electrons. The van der Waals surface area contributed by atoms with Crippen LogP contribution in [0.2, 0.25) is 0 Å². The molecule has 4 rings (SSSR count). The van der Waals surface area contributed by atoms with E-state index in [1.165, 1.54) is 15.5 Å². The van der Waals surface area contributed by atoms with Gasteiger partial charge in [0.1, 0.15) is 5.76 Å². The molecule has 1 aliphatic rings. The van der Waals surface area contributed by atoms with E-state index >= 15 is 0 Å². The van der Waals surface area contributed by atoms with Crippen molar-refractivity contribution in [2.75, 3.05) is 27.2 Å². The van der Waals surface area contributed by atoms with E-state index in [0.717, 1.165) is 6.54 Å². The van der Waals surface area contributed by atoms with E-state index in [1.807, 2.05) is 19.0 Å². The summed E-state index contributed by atoms with van der Waals surface area (Å²) in [5, 5.41) is 11.1. The van der Waals surface area contributed by atoms with Crippen molar-refractivity contribution in [3.8, 4) is 0 Å². The number of carbonyl (C=O) groups is 2. The minimum atomic E-state index is -0.760. The second kappa shape index (κ2) is 8.43. The zero-order chi connectivity index (χ0) is 23.0. The number of hydrogen-bond acceptors (Lipinski definition) is 7. The lowest BCUT2D eigenvalue weighted by Crippen LogP contribution is -2.32. The van der Waals surface area contributed by atoms with E-state index in [4.69, 9.17) is 4.42 Å². The number of benzene rings is 1. The highest BCUT2D eigenvalue weighted by atomic mass is 16.4. The van der Waals surface area contributed by atoms with Crippen molar-refractivity contribution in [3.63, 3.8) is 0 Å². The van der Waals surface area contributed by atoms with Gasteiger partial charge in [-0.2, -0.15) is 0 Å². The third kappa shape index (κ3) is 3.71. The van der Waals surface area contributed by atoms with Crippen LogP contribution >= 0.6 is 0 Å². The number of ketones is 1. The summed E-state index contributed by atoms with van der Waals surface area (Å²) >= 11 is 0. The van der Waals surface area contributed by atoms with Gasteiger partial charge in [-0.05, 0) is 56.9 Å². The molecule has 1 amide bonds. The van der Waals surface area contributed by atoms with Gasteiger partial charge in [0.2, 0.25) is 0 Å². The summed E-state index contributed by atoms with van der Waals surface area (Å²) in [5.74, 6) is -2.26. The molecular formula is C23H24N4O5. The van der Waals surface area contributed by atoms with Gasteiger partial charge in [-0.3, -0.25) is 19.1 Å². The fraction of sp³-hybridized carbons (Fsp3) is 0.304. The summed E-state index contributed by atoms with van der Waals surface area (Å²) in [5.41, 5.74) is 1.74. The van der Waals surface area contributed by atoms with Crippen LogP contribution in [0.3, 0.4) is 0 Å². The number of amides is 1. The van der Waals surface area contributed by atoms with E-state index < -0.39 is 23.5 Å². The number of aliphatic hydroxyl groups is 1. The van der Waals surface area contributed by atoms with Crippen LogP contribution in [0.5, 0.6) is 0 Å². The lowest BCUT2D eigenvalue weighted by Gasteiger charge is -2.25. The van der Waals surface area contributed by atoms with Crippen molar-refractivity contribution in [2.45, 2.75) is 12.5 Å². The topological polar surface area (TPSA) is 109 Å². The normalized spacial score (nSPS) is 18.2. The molecule has 1 N–H and O–H groups in total. The van der Waals surface area contributed by atoms with E-state index in [9.17, 15) is 19.5 Å². The lowest BCUT2D eigenvalue weighted by atomic mass is 9.96. The number of rotatable bonds is 6. The first-order valence-electron chi connectivity index (χ1n) is 10.2. The van der Waals surface area contributed by atoms with Gasteiger partial charge < -0.3 is 19.3 Å². The number of aromatic nitrogens is 2. The van der Waals surface area contributed by atoms with E-state index in [2.05, 4.69) is 4.98 Å². The molecule has 0 spiro atoms. The second-order valence-corrected chi connectivity index (χ2v) is 8.05. The molecular weight excluding hydrogens is 412 g/mol. The number of likely N-dealkylation sites (tertiary alicyclic amines) is 1. The smallest absolute Gasteiger partial charge is 0.419 e. The minimum absolute atomic E-state index is 0.00881. The number of aliphatic hydroxyl groups excluding tert-OH is 1. The zero-order valence-electron chi connectivity index (χ0n) is 18.1. The molecule has 1 aliphatic heterocycles. The van der Waals surface area contributed by atoms with Gasteiger partial charge in [0.25, 0.3) is 11.7 Å². The third-order valence-electron chi connectivity index (χ3n) is 5.61. The average Bonchev–Trinajstić information content (AvgIpc) is 3.20. The van der Waals surface area contributed by atoms with Gasteiger partial charge in [-0.1, -0.05) is 6.07 Å². The number of hydrogen-bond donors (Lipinski definition) is 1. The quantitative estimate of drug-likeness (QED) is 0.357. The Kier molecular flexibility index (Phi) is 5.67. The summed E-state index contributed by atoms with van der Waals surface area (Å²) in [4.78, 5) is 45.3. The molecule has 1 atom stereocenters. The Morgan fingerprint density at radius 3 is 2.69 bits per heavy atom. The number of aryl methyl sites for hydroxylation is 1. The van der Waals surface area contributed by atoms with Gasteiger partial charge in [0.15, 0.2) is 5.58 Å². The van der Waals surface area contributed by atoms with Gasteiger partial charge in [-0.15, -0.1) is 0 Å². The molecule has 9 nitrogen and oxygen atoms in total. The van der Waals surface area contributed by atoms with Crippen molar-refractivity contribution in [2.24, 2.45) is 7.05 Å². The Hall–Kier alpha value is -3.72. The SMILES string of the molecule is CN(C)CCCN1C(=O)C(=O)C(=C(O)c2ccc3c(c2)oc(=O)n3C)[C@H]1c1cccnc1. The van der Waals surface area contributed by atoms with Crippen LogP contribution in [0.1, 0.15) is 23.6 Å². The molecule has 0 bridgehead atoms. The summed E-state index contributed by atoms with van der Waals surface area (Å²) in [7, 11) is 5.45. The fourth-order valence-corrected chi connectivity index (χ4v) is 3.99. The van der Waals surface area contributed by atoms with Crippen LogP contribution in [-0.4, -0.2) is 63.3 Å². The number of nitrogens with zero attached hydrogens (tertiary/aromatic N) is 4. The zero-order valence-corrected chi connectivity index (χ0v) is 18.1. The lowest BCUT2D eigenvalue weighted by molar-refractivity contribution is -0.139. The Labute approximate surface area is 184 Å².